The number of benzene rings is 1. The van der Waals surface area contributed by atoms with Gasteiger partial charge in [-0.15, -0.1) is 0 Å². The van der Waals surface area contributed by atoms with Crippen LogP contribution in [-0.2, 0) is 0 Å². The Morgan fingerprint density at radius 3 is 2.45 bits per heavy atom. The fourth-order valence-corrected chi connectivity index (χ4v) is 3.21. The predicted octanol–water partition coefficient (Wildman–Crippen LogP) is 3.96. The van der Waals surface area contributed by atoms with E-state index in [2.05, 4.69) is 13.8 Å². The van der Waals surface area contributed by atoms with Crippen molar-refractivity contribution in [2.24, 2.45) is 5.41 Å². The molecule has 1 aromatic carbocycles. The van der Waals surface area contributed by atoms with Crippen LogP contribution >= 0.6 is 11.6 Å². The summed E-state index contributed by atoms with van der Waals surface area (Å²) in [7, 11) is 0. The largest absolute Gasteiger partial charge is 0.397 e. The lowest BCUT2D eigenvalue weighted by Crippen LogP contribution is -2.43. The first kappa shape index (κ1) is 15.2. The average Bonchev–Trinajstić information content (AvgIpc) is 2.49. The summed E-state index contributed by atoms with van der Waals surface area (Å²) < 4.78 is 0. The Hall–Kier alpha value is -1.22. The number of hydrogen-bond donors (Lipinski definition) is 1. The molecule has 1 saturated heterocycles. The van der Waals surface area contributed by atoms with Crippen molar-refractivity contribution in [1.82, 2.24) is 4.90 Å². The Kier molecular flexibility index (Phi) is 4.59. The minimum atomic E-state index is 0.00538. The van der Waals surface area contributed by atoms with Crippen molar-refractivity contribution >= 4 is 23.2 Å². The third kappa shape index (κ3) is 2.78. The molecule has 0 radical (unpaired) electrons. The Bertz CT molecular complexity index is 487. The molecule has 0 spiro atoms. The van der Waals surface area contributed by atoms with Crippen LogP contribution in [0.3, 0.4) is 0 Å². The lowest BCUT2D eigenvalue weighted by molar-refractivity contribution is 0.0559. The van der Waals surface area contributed by atoms with E-state index in [9.17, 15) is 4.79 Å². The van der Waals surface area contributed by atoms with Crippen LogP contribution in [0.1, 0.15) is 49.9 Å². The number of amides is 1. The lowest BCUT2D eigenvalue weighted by atomic mass is 9.74. The van der Waals surface area contributed by atoms with Gasteiger partial charge in [0.1, 0.15) is 0 Å². The van der Waals surface area contributed by atoms with Gasteiger partial charge in [0.15, 0.2) is 0 Å². The SMILES string of the molecule is CCC1(CC)CCN(C(=O)c2cccc(Cl)c2N)CC1. The molecule has 1 aliphatic heterocycles. The van der Waals surface area contributed by atoms with Gasteiger partial charge in [0, 0.05) is 13.1 Å². The van der Waals surface area contributed by atoms with Gasteiger partial charge in [0.2, 0.25) is 0 Å². The van der Waals surface area contributed by atoms with Gasteiger partial charge >= 0.3 is 0 Å². The van der Waals surface area contributed by atoms with E-state index in [0.29, 0.717) is 21.7 Å². The number of halogens is 1. The van der Waals surface area contributed by atoms with E-state index in [1.807, 2.05) is 4.90 Å². The van der Waals surface area contributed by atoms with Crippen molar-refractivity contribution in [1.29, 1.82) is 0 Å². The van der Waals surface area contributed by atoms with Gasteiger partial charge in [-0.05, 0) is 30.4 Å². The molecular weight excluding hydrogens is 272 g/mol. The highest BCUT2D eigenvalue weighted by Gasteiger charge is 2.33. The summed E-state index contributed by atoms with van der Waals surface area (Å²) in [6, 6.07) is 5.24. The van der Waals surface area contributed by atoms with Crippen molar-refractivity contribution in [2.75, 3.05) is 18.8 Å². The van der Waals surface area contributed by atoms with E-state index in [1.54, 1.807) is 18.2 Å². The molecule has 0 aliphatic carbocycles. The molecule has 0 bridgehead atoms. The summed E-state index contributed by atoms with van der Waals surface area (Å²) in [5.41, 5.74) is 7.25. The maximum absolute atomic E-state index is 12.5. The molecule has 110 valence electrons. The first-order valence-electron chi connectivity index (χ1n) is 7.36. The van der Waals surface area contributed by atoms with E-state index in [0.717, 1.165) is 25.9 Å². The lowest BCUT2D eigenvalue weighted by Gasteiger charge is -2.41. The van der Waals surface area contributed by atoms with Crippen LogP contribution in [0.25, 0.3) is 0 Å². The molecule has 1 heterocycles. The summed E-state index contributed by atoms with van der Waals surface area (Å²) in [6.45, 7) is 6.12. The molecule has 0 saturated carbocycles. The molecule has 2 rings (SSSR count). The van der Waals surface area contributed by atoms with Crippen molar-refractivity contribution in [3.8, 4) is 0 Å². The number of hydrogen-bond acceptors (Lipinski definition) is 2. The second-order valence-electron chi connectivity index (χ2n) is 5.70. The van der Waals surface area contributed by atoms with Crippen molar-refractivity contribution in [3.05, 3.63) is 28.8 Å². The zero-order valence-corrected chi connectivity index (χ0v) is 13.0. The quantitative estimate of drug-likeness (QED) is 0.858. The number of nitrogens with zero attached hydrogens (tertiary/aromatic N) is 1. The highest BCUT2D eigenvalue weighted by molar-refractivity contribution is 6.33. The second-order valence-corrected chi connectivity index (χ2v) is 6.11. The third-order valence-electron chi connectivity index (χ3n) is 4.89. The van der Waals surface area contributed by atoms with Crippen LogP contribution in [0.4, 0.5) is 5.69 Å². The first-order valence-corrected chi connectivity index (χ1v) is 7.74. The number of piperidine rings is 1. The molecule has 0 aromatic heterocycles. The molecule has 3 nitrogen and oxygen atoms in total. The van der Waals surface area contributed by atoms with Crippen molar-refractivity contribution < 1.29 is 4.79 Å². The number of anilines is 1. The Labute approximate surface area is 126 Å². The maximum Gasteiger partial charge on any atom is 0.255 e. The number of rotatable bonds is 3. The number of nitrogen functional groups attached to an aromatic ring is 1. The summed E-state index contributed by atoms with van der Waals surface area (Å²) in [5.74, 6) is 0.00538. The average molecular weight is 295 g/mol. The van der Waals surface area contributed by atoms with Gasteiger partial charge in [0.05, 0.1) is 16.3 Å². The molecule has 1 aromatic rings. The van der Waals surface area contributed by atoms with Crippen LogP contribution in [0.2, 0.25) is 5.02 Å². The Morgan fingerprint density at radius 2 is 1.90 bits per heavy atom. The molecule has 1 fully saturated rings. The van der Waals surface area contributed by atoms with Crippen molar-refractivity contribution in [3.63, 3.8) is 0 Å². The number of para-hydroxylation sites is 1. The van der Waals surface area contributed by atoms with E-state index in [4.69, 9.17) is 17.3 Å². The first-order chi connectivity index (χ1) is 9.53. The van der Waals surface area contributed by atoms with Crippen LogP contribution < -0.4 is 5.73 Å². The van der Waals surface area contributed by atoms with Gasteiger partial charge in [-0.25, -0.2) is 0 Å². The minimum Gasteiger partial charge on any atom is -0.397 e. The van der Waals surface area contributed by atoms with Gasteiger partial charge in [-0.1, -0.05) is 44.4 Å². The summed E-state index contributed by atoms with van der Waals surface area (Å²) in [4.78, 5) is 14.5. The predicted molar refractivity (Wildman–Crippen MR) is 84.0 cm³/mol. The number of carbonyl (C=O) groups excluding carboxylic acids is 1. The van der Waals surface area contributed by atoms with Gasteiger partial charge < -0.3 is 10.6 Å². The molecule has 0 unspecified atom stereocenters. The molecule has 2 N–H and O–H groups in total. The van der Waals surface area contributed by atoms with E-state index >= 15 is 0 Å². The zero-order valence-electron chi connectivity index (χ0n) is 12.3. The number of carbonyl (C=O) groups is 1. The fraction of sp³-hybridized carbons (Fsp3) is 0.562. The van der Waals surface area contributed by atoms with Crippen LogP contribution in [-0.4, -0.2) is 23.9 Å². The van der Waals surface area contributed by atoms with Gasteiger partial charge in [-0.2, -0.15) is 0 Å². The fourth-order valence-electron chi connectivity index (χ4n) is 3.04. The van der Waals surface area contributed by atoms with Crippen molar-refractivity contribution in [2.45, 2.75) is 39.5 Å². The minimum absolute atomic E-state index is 0.00538. The monoisotopic (exact) mass is 294 g/mol. The van der Waals surface area contributed by atoms with E-state index < -0.39 is 0 Å². The van der Waals surface area contributed by atoms with Gasteiger partial charge in [0.25, 0.3) is 5.91 Å². The zero-order chi connectivity index (χ0) is 14.8. The highest BCUT2D eigenvalue weighted by Crippen LogP contribution is 2.38. The second kappa shape index (κ2) is 6.04. The molecule has 4 heteroatoms. The molecule has 0 atom stereocenters. The normalized spacial score (nSPS) is 18.1. The summed E-state index contributed by atoms with van der Waals surface area (Å²) >= 11 is 5.99. The summed E-state index contributed by atoms with van der Waals surface area (Å²) in [6.07, 6.45) is 4.52. The maximum atomic E-state index is 12.5. The van der Waals surface area contributed by atoms with E-state index in [1.165, 1.54) is 12.8 Å². The Balaban J connectivity index is 2.11. The van der Waals surface area contributed by atoms with Crippen LogP contribution in [0, 0.1) is 5.41 Å². The smallest absolute Gasteiger partial charge is 0.255 e. The standard InChI is InChI=1S/C16H23ClN2O/c1-3-16(4-2)8-10-19(11-9-16)15(20)12-6-5-7-13(17)14(12)18/h5-7H,3-4,8-11,18H2,1-2H3. The molecule has 1 aliphatic rings. The van der Waals surface area contributed by atoms with Gasteiger partial charge in [-0.3, -0.25) is 4.79 Å². The third-order valence-corrected chi connectivity index (χ3v) is 5.22. The number of nitrogens with two attached hydrogens (primary N) is 1. The molecular formula is C16H23ClN2O. The van der Waals surface area contributed by atoms with Crippen LogP contribution in [0.15, 0.2) is 18.2 Å². The number of likely N-dealkylation sites (tertiary alicyclic amines) is 1. The Morgan fingerprint density at radius 1 is 1.30 bits per heavy atom. The highest BCUT2D eigenvalue weighted by atomic mass is 35.5. The molecule has 1 amide bonds. The van der Waals surface area contributed by atoms with E-state index in [-0.39, 0.29) is 5.91 Å². The van der Waals surface area contributed by atoms with Crippen LogP contribution in [0.5, 0.6) is 0 Å². The summed E-state index contributed by atoms with van der Waals surface area (Å²) in [5, 5.41) is 0.448. The topological polar surface area (TPSA) is 46.3 Å². The molecule has 20 heavy (non-hydrogen) atoms.